The third-order valence-electron chi connectivity index (χ3n) is 3.80. The maximum Gasteiger partial charge on any atom is 0.321 e. The Morgan fingerprint density at radius 2 is 1.71 bits per heavy atom. The average Bonchev–Trinajstić information content (AvgIpc) is 2.61. The van der Waals surface area contributed by atoms with Gasteiger partial charge in [-0.25, -0.2) is 0 Å². The van der Waals surface area contributed by atoms with Crippen LogP contribution in [-0.4, -0.2) is 41.8 Å². The van der Waals surface area contributed by atoms with E-state index in [2.05, 4.69) is 0 Å². The van der Waals surface area contributed by atoms with Crippen LogP contribution >= 0.6 is 0 Å². The molecule has 0 radical (unpaired) electrons. The number of hydrogen-bond donors (Lipinski definition) is 1. The summed E-state index contributed by atoms with van der Waals surface area (Å²) in [7, 11) is 0. The fourth-order valence-electron chi connectivity index (χ4n) is 2.39. The molecule has 0 amide bonds. The Morgan fingerprint density at radius 3 is 2.25 bits per heavy atom. The quantitative estimate of drug-likeness (QED) is 0.349. The average molecular weight is 394 g/mol. The van der Waals surface area contributed by atoms with E-state index < -0.39 is 35.3 Å². The van der Waals surface area contributed by atoms with Gasteiger partial charge in [0.15, 0.2) is 5.92 Å². The number of hydrogen-bond acceptors (Lipinski definition) is 6. The summed E-state index contributed by atoms with van der Waals surface area (Å²) in [6, 6.07) is 8.88. The molecule has 0 spiro atoms. The zero-order valence-corrected chi connectivity index (χ0v) is 17.0. The molecular weight excluding hydrogens is 364 g/mol. The Balaban J connectivity index is 2.92. The maximum atomic E-state index is 12.6. The first-order chi connectivity index (χ1) is 13.2. The molecule has 156 valence electrons. The number of esters is 2. The monoisotopic (exact) mass is 394 g/mol. The van der Waals surface area contributed by atoms with Crippen LogP contribution in [0.3, 0.4) is 0 Å². The van der Waals surface area contributed by atoms with Crippen LogP contribution in [0, 0.1) is 11.8 Å². The van der Waals surface area contributed by atoms with Gasteiger partial charge in [0.05, 0.1) is 6.61 Å². The Hall–Kier alpha value is -2.41. The van der Waals surface area contributed by atoms with Crippen molar-refractivity contribution in [2.24, 2.45) is 11.8 Å². The van der Waals surface area contributed by atoms with Crippen LogP contribution in [0.5, 0.6) is 0 Å². The molecule has 1 aromatic rings. The van der Waals surface area contributed by atoms with Crippen molar-refractivity contribution < 1.29 is 33.7 Å². The van der Waals surface area contributed by atoms with E-state index in [0.717, 1.165) is 12.8 Å². The molecule has 1 unspecified atom stereocenters. The second-order valence-corrected chi connectivity index (χ2v) is 7.48. The maximum absolute atomic E-state index is 12.6. The first-order valence-electron chi connectivity index (χ1n) is 9.39. The van der Waals surface area contributed by atoms with Crippen LogP contribution in [-0.2, 0) is 35.2 Å². The van der Waals surface area contributed by atoms with E-state index >= 15 is 0 Å². The first-order valence-corrected chi connectivity index (χ1v) is 9.39. The predicted octanol–water partition coefficient (Wildman–Crippen LogP) is 3.21. The van der Waals surface area contributed by atoms with Gasteiger partial charge < -0.3 is 19.3 Å². The van der Waals surface area contributed by atoms with Gasteiger partial charge in [0.25, 0.3) is 0 Å². The molecule has 0 heterocycles. The highest BCUT2D eigenvalue weighted by molar-refractivity contribution is 5.98. The first kappa shape index (κ1) is 23.6. The van der Waals surface area contributed by atoms with Crippen LogP contribution in [0.1, 0.15) is 46.1 Å². The molecule has 7 nitrogen and oxygen atoms in total. The molecule has 0 fully saturated rings. The number of benzene rings is 1. The predicted molar refractivity (Wildman–Crippen MR) is 102 cm³/mol. The Bertz CT molecular complexity index is 634. The standard InChI is InChI=1S/C21H30O7/c1-5-6-12-26-14-16(19(24)28-21(2,3)4)17(18(22)23)20(25)27-13-15-10-8-7-9-11-15/h7-11,16-17H,5-6,12-14H2,1-4H3,(H,22,23)/t16-,17?/m1/s1. The minimum absolute atomic E-state index is 0.0822. The molecule has 1 rings (SSSR count). The van der Waals surface area contributed by atoms with Crippen molar-refractivity contribution in [1.29, 1.82) is 0 Å². The number of carboxylic acid groups (broad SMARTS) is 1. The minimum Gasteiger partial charge on any atom is -0.481 e. The van der Waals surface area contributed by atoms with Crippen molar-refractivity contribution in [3.05, 3.63) is 35.9 Å². The molecule has 0 aliphatic rings. The summed E-state index contributed by atoms with van der Waals surface area (Å²) >= 11 is 0. The fourth-order valence-corrected chi connectivity index (χ4v) is 2.39. The van der Waals surface area contributed by atoms with Crippen molar-refractivity contribution in [3.8, 4) is 0 Å². The van der Waals surface area contributed by atoms with Gasteiger partial charge in [0.1, 0.15) is 18.1 Å². The smallest absolute Gasteiger partial charge is 0.321 e. The summed E-state index contributed by atoms with van der Waals surface area (Å²) in [4.78, 5) is 36.9. The summed E-state index contributed by atoms with van der Waals surface area (Å²) in [6.45, 7) is 7.04. The van der Waals surface area contributed by atoms with Crippen molar-refractivity contribution in [1.82, 2.24) is 0 Å². The van der Waals surface area contributed by atoms with E-state index in [9.17, 15) is 19.5 Å². The highest BCUT2D eigenvalue weighted by Gasteiger charge is 2.43. The van der Waals surface area contributed by atoms with Gasteiger partial charge in [-0.15, -0.1) is 0 Å². The molecule has 2 atom stereocenters. The number of carbonyl (C=O) groups excluding carboxylic acids is 2. The zero-order chi connectivity index (χ0) is 21.2. The number of ether oxygens (including phenoxy) is 3. The lowest BCUT2D eigenvalue weighted by Crippen LogP contribution is -2.42. The normalized spacial score (nSPS) is 13.4. The number of rotatable bonds is 11. The second kappa shape index (κ2) is 11.4. The number of unbranched alkanes of at least 4 members (excludes halogenated alkanes) is 1. The molecular formula is C21H30O7. The molecule has 1 N–H and O–H groups in total. The second-order valence-electron chi connectivity index (χ2n) is 7.48. The molecule has 0 saturated carbocycles. The third-order valence-corrected chi connectivity index (χ3v) is 3.80. The van der Waals surface area contributed by atoms with Gasteiger partial charge in [-0.05, 0) is 32.8 Å². The van der Waals surface area contributed by atoms with E-state index in [1.807, 2.05) is 13.0 Å². The Morgan fingerprint density at radius 1 is 1.07 bits per heavy atom. The highest BCUT2D eigenvalue weighted by atomic mass is 16.6. The Kier molecular flexibility index (Phi) is 9.65. The molecule has 0 aliphatic heterocycles. The number of carbonyl (C=O) groups is 3. The third kappa shape index (κ3) is 8.52. The van der Waals surface area contributed by atoms with Crippen LogP contribution < -0.4 is 0 Å². The van der Waals surface area contributed by atoms with Crippen molar-refractivity contribution in [3.63, 3.8) is 0 Å². The largest absolute Gasteiger partial charge is 0.481 e. The number of aliphatic carboxylic acids is 1. The van der Waals surface area contributed by atoms with Crippen LogP contribution in [0.25, 0.3) is 0 Å². The van der Waals surface area contributed by atoms with Crippen LogP contribution in [0.2, 0.25) is 0 Å². The van der Waals surface area contributed by atoms with Gasteiger partial charge in [-0.1, -0.05) is 43.7 Å². The topological polar surface area (TPSA) is 99.1 Å². The fraction of sp³-hybridized carbons (Fsp3) is 0.571. The zero-order valence-electron chi connectivity index (χ0n) is 17.0. The summed E-state index contributed by atoms with van der Waals surface area (Å²) in [5.41, 5.74) is -0.108. The molecule has 7 heteroatoms. The van der Waals surface area contributed by atoms with Gasteiger partial charge in [0.2, 0.25) is 0 Å². The van der Waals surface area contributed by atoms with E-state index in [4.69, 9.17) is 14.2 Å². The van der Waals surface area contributed by atoms with Crippen LogP contribution in [0.15, 0.2) is 30.3 Å². The lowest BCUT2D eigenvalue weighted by atomic mass is 9.92. The van der Waals surface area contributed by atoms with Gasteiger partial charge in [0, 0.05) is 6.61 Å². The summed E-state index contributed by atoms with van der Waals surface area (Å²) in [6.07, 6.45) is 1.65. The van der Waals surface area contributed by atoms with E-state index in [1.165, 1.54) is 0 Å². The SMILES string of the molecule is CCCCOC[C@@H](C(=O)OC(C)(C)C)C(C(=O)O)C(=O)OCc1ccccc1. The van der Waals surface area contributed by atoms with Crippen molar-refractivity contribution in [2.75, 3.05) is 13.2 Å². The Labute approximate surface area is 166 Å². The summed E-state index contributed by atoms with van der Waals surface area (Å²) < 4.78 is 15.9. The summed E-state index contributed by atoms with van der Waals surface area (Å²) in [5.74, 6) is -6.25. The molecule has 0 bridgehead atoms. The van der Waals surface area contributed by atoms with E-state index in [1.54, 1.807) is 45.0 Å². The molecule has 0 aliphatic carbocycles. The molecule has 28 heavy (non-hydrogen) atoms. The number of carboxylic acids is 1. The van der Waals surface area contributed by atoms with Crippen molar-refractivity contribution in [2.45, 2.75) is 52.7 Å². The van der Waals surface area contributed by atoms with Crippen molar-refractivity contribution >= 4 is 17.9 Å². The van der Waals surface area contributed by atoms with Crippen LogP contribution in [0.4, 0.5) is 0 Å². The molecule has 1 aromatic carbocycles. The van der Waals surface area contributed by atoms with Gasteiger partial charge in [-0.3, -0.25) is 14.4 Å². The van der Waals surface area contributed by atoms with Gasteiger partial charge >= 0.3 is 17.9 Å². The highest BCUT2D eigenvalue weighted by Crippen LogP contribution is 2.21. The summed E-state index contributed by atoms with van der Waals surface area (Å²) in [5, 5.41) is 9.60. The van der Waals surface area contributed by atoms with E-state index in [-0.39, 0.29) is 13.2 Å². The minimum atomic E-state index is -1.71. The van der Waals surface area contributed by atoms with E-state index in [0.29, 0.717) is 12.2 Å². The lowest BCUT2D eigenvalue weighted by molar-refractivity contribution is -0.177. The molecule has 0 aromatic heterocycles. The molecule has 0 saturated heterocycles. The van der Waals surface area contributed by atoms with Gasteiger partial charge in [-0.2, -0.15) is 0 Å². The lowest BCUT2D eigenvalue weighted by Gasteiger charge is -2.26.